The molecule has 0 unspecified atom stereocenters. The highest BCUT2D eigenvalue weighted by atomic mass is 16.5. The van der Waals surface area contributed by atoms with Crippen LogP contribution in [-0.4, -0.2) is 47.4 Å². The maximum absolute atomic E-state index is 12.5. The monoisotopic (exact) mass is 437 g/mol. The summed E-state index contributed by atoms with van der Waals surface area (Å²) >= 11 is 0. The summed E-state index contributed by atoms with van der Waals surface area (Å²) in [5, 5.41) is 11.6. The van der Waals surface area contributed by atoms with Crippen LogP contribution in [-0.2, 0) is 9.53 Å². The van der Waals surface area contributed by atoms with Crippen molar-refractivity contribution in [3.8, 4) is 11.3 Å². The maximum Gasteiger partial charge on any atom is 0.256 e. The number of pyridine rings is 1. The van der Waals surface area contributed by atoms with Crippen LogP contribution in [0.15, 0.2) is 54.7 Å². The van der Waals surface area contributed by atoms with Gasteiger partial charge >= 0.3 is 0 Å². The van der Waals surface area contributed by atoms with Crippen LogP contribution in [0.5, 0.6) is 0 Å². The minimum atomic E-state index is -0.0765. The zero-order valence-electron chi connectivity index (χ0n) is 18.3. The molecule has 0 bridgehead atoms. The third-order valence-electron chi connectivity index (χ3n) is 6.21. The lowest BCUT2D eigenvalue weighted by Crippen LogP contribution is -2.36. The SMILES string of the molecule is Cc1ccc2c(c1)/C(=C\c1ccc3c(-c4ccc(N5CCOCC5)nc4)n[nH]c3c1)C(=O)N2. The molecule has 4 aromatic rings. The average Bonchev–Trinajstić information content (AvgIpc) is 3.40. The number of rotatable bonds is 3. The molecular weight excluding hydrogens is 414 g/mol. The zero-order chi connectivity index (χ0) is 22.4. The Labute approximate surface area is 191 Å². The molecule has 2 aliphatic heterocycles. The van der Waals surface area contributed by atoms with E-state index in [1.54, 1.807) is 0 Å². The van der Waals surface area contributed by atoms with Crippen LogP contribution in [0.3, 0.4) is 0 Å². The van der Waals surface area contributed by atoms with Gasteiger partial charge in [0.15, 0.2) is 0 Å². The fourth-order valence-corrected chi connectivity index (χ4v) is 4.46. The molecule has 0 saturated carbocycles. The van der Waals surface area contributed by atoms with Gasteiger partial charge in [-0.05, 0) is 55.0 Å². The van der Waals surface area contributed by atoms with Crippen LogP contribution in [0.2, 0.25) is 0 Å². The Hall–Kier alpha value is -3.97. The fraction of sp³-hybridized carbons (Fsp3) is 0.192. The summed E-state index contributed by atoms with van der Waals surface area (Å²) in [6, 6.07) is 16.2. The second kappa shape index (κ2) is 7.86. The third kappa shape index (κ3) is 3.56. The molecule has 164 valence electrons. The zero-order valence-corrected chi connectivity index (χ0v) is 18.3. The van der Waals surface area contributed by atoms with E-state index >= 15 is 0 Å². The van der Waals surface area contributed by atoms with Gasteiger partial charge in [-0.25, -0.2) is 4.98 Å². The molecule has 1 fully saturated rings. The van der Waals surface area contributed by atoms with E-state index in [0.717, 1.165) is 76.7 Å². The van der Waals surface area contributed by atoms with Gasteiger partial charge in [0.1, 0.15) is 11.5 Å². The normalized spacial score (nSPS) is 16.9. The van der Waals surface area contributed by atoms with Gasteiger partial charge in [-0.2, -0.15) is 5.10 Å². The number of ether oxygens (including phenoxy) is 1. The van der Waals surface area contributed by atoms with Crippen molar-refractivity contribution < 1.29 is 9.53 Å². The van der Waals surface area contributed by atoms with Crippen LogP contribution in [0.1, 0.15) is 16.7 Å². The number of hydrogen-bond donors (Lipinski definition) is 2. The van der Waals surface area contributed by atoms with E-state index in [-0.39, 0.29) is 5.91 Å². The molecule has 1 saturated heterocycles. The van der Waals surface area contributed by atoms with Gasteiger partial charge in [0.05, 0.1) is 18.7 Å². The number of nitrogens with zero attached hydrogens (tertiary/aromatic N) is 3. The Morgan fingerprint density at radius 2 is 1.94 bits per heavy atom. The van der Waals surface area contributed by atoms with Crippen molar-refractivity contribution in [1.29, 1.82) is 0 Å². The van der Waals surface area contributed by atoms with Crippen molar-refractivity contribution in [3.63, 3.8) is 0 Å². The molecule has 7 heteroatoms. The summed E-state index contributed by atoms with van der Waals surface area (Å²) in [6.45, 7) is 5.22. The molecule has 2 N–H and O–H groups in total. The number of aryl methyl sites for hydroxylation is 1. The molecule has 0 spiro atoms. The molecule has 2 aromatic carbocycles. The molecule has 6 rings (SSSR count). The Morgan fingerprint density at radius 3 is 2.76 bits per heavy atom. The average molecular weight is 438 g/mol. The predicted molar refractivity (Wildman–Crippen MR) is 130 cm³/mol. The lowest BCUT2D eigenvalue weighted by molar-refractivity contribution is -0.110. The Balaban J connectivity index is 1.31. The fourth-order valence-electron chi connectivity index (χ4n) is 4.46. The third-order valence-corrected chi connectivity index (χ3v) is 6.21. The highest BCUT2D eigenvalue weighted by Crippen LogP contribution is 2.34. The first-order valence-electron chi connectivity index (χ1n) is 11.1. The second-order valence-corrected chi connectivity index (χ2v) is 8.44. The standard InChI is InChI=1S/C26H23N5O2/c1-16-2-6-22-20(12-16)21(26(32)28-22)13-17-3-5-19-23(14-17)29-30-25(19)18-4-7-24(27-15-18)31-8-10-33-11-9-31/h2-7,12-15H,8-11H2,1H3,(H,28,32)(H,29,30)/b21-13+. The van der Waals surface area contributed by atoms with Crippen molar-refractivity contribution in [2.24, 2.45) is 0 Å². The van der Waals surface area contributed by atoms with Crippen LogP contribution in [0, 0.1) is 6.92 Å². The van der Waals surface area contributed by atoms with Gasteiger partial charge in [0.25, 0.3) is 5.91 Å². The minimum Gasteiger partial charge on any atom is -0.378 e. The van der Waals surface area contributed by atoms with E-state index in [1.807, 2.05) is 61.7 Å². The van der Waals surface area contributed by atoms with E-state index in [9.17, 15) is 4.79 Å². The Bertz CT molecular complexity index is 1400. The van der Waals surface area contributed by atoms with Gasteiger partial charge < -0.3 is 15.0 Å². The van der Waals surface area contributed by atoms with Crippen LogP contribution in [0.4, 0.5) is 11.5 Å². The molecule has 0 aliphatic carbocycles. The summed E-state index contributed by atoms with van der Waals surface area (Å²) < 4.78 is 5.42. The number of H-pyrrole nitrogens is 1. The topological polar surface area (TPSA) is 83.1 Å². The predicted octanol–water partition coefficient (Wildman–Crippen LogP) is 4.26. The molecule has 4 heterocycles. The Morgan fingerprint density at radius 1 is 1.06 bits per heavy atom. The van der Waals surface area contributed by atoms with Gasteiger partial charge in [0.2, 0.25) is 0 Å². The number of amides is 1. The molecular formula is C26H23N5O2. The smallest absolute Gasteiger partial charge is 0.256 e. The van der Waals surface area contributed by atoms with Crippen LogP contribution in [0.25, 0.3) is 33.8 Å². The van der Waals surface area contributed by atoms with Gasteiger partial charge in [0, 0.05) is 47.1 Å². The van der Waals surface area contributed by atoms with Crippen molar-refractivity contribution >= 4 is 40.0 Å². The first-order valence-corrected chi connectivity index (χ1v) is 11.1. The molecule has 0 radical (unpaired) electrons. The summed E-state index contributed by atoms with van der Waals surface area (Å²) in [7, 11) is 0. The molecule has 1 amide bonds. The van der Waals surface area contributed by atoms with Crippen molar-refractivity contribution in [2.45, 2.75) is 6.92 Å². The Kier molecular flexibility index (Phi) is 4.69. The number of aromatic nitrogens is 3. The number of fused-ring (bicyclic) bond motifs is 2. The number of morpholine rings is 1. The molecule has 2 aliphatic rings. The van der Waals surface area contributed by atoms with E-state index in [1.165, 1.54) is 0 Å². The first kappa shape index (κ1) is 19.7. The number of anilines is 2. The number of nitrogens with one attached hydrogen (secondary N) is 2. The number of hydrogen-bond acceptors (Lipinski definition) is 5. The quantitative estimate of drug-likeness (QED) is 0.468. The lowest BCUT2D eigenvalue weighted by Gasteiger charge is -2.27. The number of aromatic amines is 1. The highest BCUT2D eigenvalue weighted by Gasteiger charge is 2.24. The van der Waals surface area contributed by atoms with Gasteiger partial charge in [-0.3, -0.25) is 9.89 Å². The summed E-state index contributed by atoms with van der Waals surface area (Å²) in [5.41, 5.74) is 7.28. The largest absolute Gasteiger partial charge is 0.378 e. The maximum atomic E-state index is 12.5. The van der Waals surface area contributed by atoms with E-state index in [0.29, 0.717) is 5.57 Å². The van der Waals surface area contributed by atoms with Gasteiger partial charge in [-0.1, -0.05) is 17.7 Å². The van der Waals surface area contributed by atoms with Crippen molar-refractivity contribution in [3.05, 3.63) is 71.4 Å². The first-order chi connectivity index (χ1) is 16.2. The summed E-state index contributed by atoms with van der Waals surface area (Å²) in [5.74, 6) is 0.883. The molecule has 0 atom stereocenters. The number of benzene rings is 2. The highest BCUT2D eigenvalue weighted by molar-refractivity contribution is 6.35. The lowest BCUT2D eigenvalue weighted by atomic mass is 10.0. The molecule has 33 heavy (non-hydrogen) atoms. The second-order valence-electron chi connectivity index (χ2n) is 8.44. The number of carbonyl (C=O) groups excluding carboxylic acids is 1. The van der Waals surface area contributed by atoms with E-state index in [4.69, 9.17) is 4.74 Å². The summed E-state index contributed by atoms with van der Waals surface area (Å²) in [4.78, 5) is 19.4. The van der Waals surface area contributed by atoms with E-state index < -0.39 is 0 Å². The van der Waals surface area contributed by atoms with Crippen molar-refractivity contribution in [2.75, 3.05) is 36.5 Å². The van der Waals surface area contributed by atoms with Crippen LogP contribution < -0.4 is 10.2 Å². The van der Waals surface area contributed by atoms with Crippen molar-refractivity contribution in [1.82, 2.24) is 15.2 Å². The van der Waals surface area contributed by atoms with E-state index in [2.05, 4.69) is 31.5 Å². The van der Waals surface area contributed by atoms with Gasteiger partial charge in [-0.15, -0.1) is 0 Å². The molecule has 7 nitrogen and oxygen atoms in total. The minimum absolute atomic E-state index is 0.0765. The summed E-state index contributed by atoms with van der Waals surface area (Å²) in [6.07, 6.45) is 3.80. The number of carbonyl (C=O) groups is 1. The molecule has 2 aromatic heterocycles. The van der Waals surface area contributed by atoms with Crippen LogP contribution >= 0.6 is 0 Å².